The van der Waals surface area contributed by atoms with Gasteiger partial charge in [-0.1, -0.05) is 72.4 Å². The van der Waals surface area contributed by atoms with E-state index in [2.05, 4.69) is 5.32 Å². The lowest BCUT2D eigenvalue weighted by Crippen LogP contribution is -2.51. The molecule has 2 radical (unpaired) electrons. The van der Waals surface area contributed by atoms with Gasteiger partial charge < -0.3 is 14.8 Å². The summed E-state index contributed by atoms with van der Waals surface area (Å²) in [4.78, 5) is 71.8. The molecule has 6 amide bonds. The van der Waals surface area contributed by atoms with Crippen LogP contribution in [0.15, 0.2) is 66.7 Å². The number of imide groups is 3. The summed E-state index contributed by atoms with van der Waals surface area (Å²) in [6.45, 7) is 16.7. The number of hydrogen-bond acceptors (Lipinski definition) is 7. The summed E-state index contributed by atoms with van der Waals surface area (Å²) < 4.78 is 10.5. The second-order valence-corrected chi connectivity index (χ2v) is 13.6. The number of quaternary nitrogens is 1. The number of hydrogen-bond donors (Lipinski definition) is 1. The predicted octanol–water partition coefficient (Wildman–Crippen LogP) is 6.14. The van der Waals surface area contributed by atoms with E-state index in [4.69, 9.17) is 28.0 Å². The molecule has 2 aliphatic rings. The van der Waals surface area contributed by atoms with Crippen LogP contribution in [0.2, 0.25) is 5.02 Å². The largest absolute Gasteiger partial charge is 0.480 e. The molecule has 262 valence electrons. The van der Waals surface area contributed by atoms with Gasteiger partial charge >= 0.3 is 29.8 Å². The van der Waals surface area contributed by atoms with Crippen LogP contribution in [0.3, 0.4) is 0 Å². The molecule has 2 aliphatic heterocycles. The number of nitrogens with one attached hydrogen (secondary N) is 1. The van der Waals surface area contributed by atoms with Crippen molar-refractivity contribution in [3.8, 4) is 5.75 Å². The fraction of sp³-hybridized carbons (Fsp3) is 0.368. The Hall–Kier alpha value is -4.58. The third kappa shape index (κ3) is 6.65. The van der Waals surface area contributed by atoms with Crippen LogP contribution in [-0.2, 0) is 36.9 Å². The van der Waals surface area contributed by atoms with Gasteiger partial charge in [0.05, 0.1) is 17.3 Å². The first-order valence-corrected chi connectivity index (χ1v) is 17.0. The molecule has 11 nitrogen and oxygen atoms in total. The van der Waals surface area contributed by atoms with E-state index in [-0.39, 0.29) is 23.9 Å². The highest BCUT2D eigenvalue weighted by Crippen LogP contribution is 2.46. The highest BCUT2D eigenvalue weighted by molar-refractivity contribution is 6.35. The van der Waals surface area contributed by atoms with Crippen molar-refractivity contribution in [1.29, 1.82) is 0 Å². The first-order chi connectivity index (χ1) is 23.7. The van der Waals surface area contributed by atoms with Crippen LogP contribution in [0, 0.1) is 6.92 Å². The van der Waals surface area contributed by atoms with Crippen molar-refractivity contribution in [2.24, 2.45) is 0 Å². The van der Waals surface area contributed by atoms with E-state index in [1.807, 2.05) is 26.0 Å². The number of aryl methyl sites for hydroxylation is 1. The molecule has 5 rings (SSSR count). The van der Waals surface area contributed by atoms with Crippen LogP contribution in [0.5, 0.6) is 5.75 Å². The maximum Gasteiger partial charge on any atom is 0.438 e. The highest BCUT2D eigenvalue weighted by atomic mass is 35.5. The average Bonchev–Trinajstić information content (AvgIpc) is 3.66. The van der Waals surface area contributed by atoms with Crippen molar-refractivity contribution >= 4 is 52.6 Å². The predicted molar refractivity (Wildman–Crippen MR) is 188 cm³/mol. The van der Waals surface area contributed by atoms with E-state index in [0.29, 0.717) is 29.8 Å². The normalized spacial score (nSPS) is 20.6. The third-order valence-corrected chi connectivity index (χ3v) is 9.11. The SMILES string of the molecule is [CH]c1ccc(OC(CC)C(=O)Nc2ccc(Cl)c(N(C(=O)C3C(=O)[N+]34C(=O)C(OCC)N(Cc3ccccc3)C4=O)C(C)(C)C)c2)c(CC)c1. The molecule has 50 heavy (non-hydrogen) atoms. The summed E-state index contributed by atoms with van der Waals surface area (Å²) >= 11 is 6.68. The fourth-order valence-electron chi connectivity index (χ4n) is 6.31. The Morgan fingerprint density at radius 3 is 2.32 bits per heavy atom. The lowest BCUT2D eigenvalue weighted by atomic mass is 10.0. The fourth-order valence-corrected chi connectivity index (χ4v) is 6.52. The Labute approximate surface area is 297 Å². The monoisotopic (exact) mass is 701 g/mol. The van der Waals surface area contributed by atoms with Gasteiger partial charge in [0.1, 0.15) is 5.75 Å². The lowest BCUT2D eigenvalue weighted by Gasteiger charge is -2.35. The van der Waals surface area contributed by atoms with Gasteiger partial charge in [0, 0.05) is 17.8 Å². The van der Waals surface area contributed by atoms with Crippen LogP contribution >= 0.6 is 11.6 Å². The summed E-state index contributed by atoms with van der Waals surface area (Å²) in [5.41, 5.74) is 1.71. The van der Waals surface area contributed by atoms with E-state index in [1.54, 1.807) is 70.2 Å². The van der Waals surface area contributed by atoms with Gasteiger partial charge in [-0.05, 0) is 88.4 Å². The molecular formula is C38H42ClN4O7+. The third-order valence-electron chi connectivity index (χ3n) is 8.79. The molecule has 4 atom stereocenters. The number of rotatable bonds is 12. The number of carbonyl (C=O) groups is 5. The minimum Gasteiger partial charge on any atom is -0.480 e. The Bertz CT molecular complexity index is 1830. The number of ether oxygens (including phenoxy) is 2. The number of urea groups is 1. The van der Waals surface area contributed by atoms with E-state index < -0.39 is 58.1 Å². The summed E-state index contributed by atoms with van der Waals surface area (Å²) in [5.74, 6) is -2.30. The van der Waals surface area contributed by atoms with Gasteiger partial charge in [0.2, 0.25) is 0 Å². The molecule has 1 spiro atoms. The van der Waals surface area contributed by atoms with E-state index in [0.717, 1.165) is 11.1 Å². The lowest BCUT2D eigenvalue weighted by molar-refractivity contribution is -0.597. The Kier molecular flexibility index (Phi) is 10.5. The quantitative estimate of drug-likeness (QED) is 0.0792. The van der Waals surface area contributed by atoms with Gasteiger partial charge in [-0.2, -0.15) is 0 Å². The highest BCUT2D eigenvalue weighted by Gasteiger charge is 2.88. The standard InChI is InChI=1S/C38H41ClN4O7/c1-8-25-20-23(4)16-19-30(25)50-29(9-2)32(44)40-26-17-18-27(39)28(21-26)42(38(5,6)7)33(45)31-35(46)43(31)36(47)34(49-10-3)41(37(43)48)22-24-14-12-11-13-15-24/h4,11-21,29,31,34H,8-10,22H2,1-3,5-7H3/p+1. The van der Waals surface area contributed by atoms with E-state index in [9.17, 15) is 24.0 Å². The second-order valence-electron chi connectivity index (χ2n) is 13.2. The molecule has 0 aromatic heterocycles. The molecular weight excluding hydrogens is 660 g/mol. The van der Waals surface area contributed by atoms with Crippen molar-refractivity contribution in [2.45, 2.75) is 84.8 Å². The molecule has 0 bridgehead atoms. The number of halogens is 1. The van der Waals surface area contributed by atoms with Gasteiger partial charge in [0.15, 0.2) is 6.10 Å². The maximum atomic E-state index is 14.4. The van der Waals surface area contributed by atoms with Gasteiger partial charge in [-0.25, -0.2) is 19.3 Å². The average molecular weight is 702 g/mol. The zero-order chi connectivity index (χ0) is 36.5. The summed E-state index contributed by atoms with van der Waals surface area (Å²) in [5, 5.41) is 3.01. The molecule has 2 saturated heterocycles. The smallest absolute Gasteiger partial charge is 0.438 e. The Morgan fingerprint density at radius 2 is 1.70 bits per heavy atom. The van der Waals surface area contributed by atoms with Crippen molar-refractivity contribution < 1.29 is 37.9 Å². The van der Waals surface area contributed by atoms with Crippen molar-refractivity contribution in [3.05, 3.63) is 95.4 Å². The van der Waals surface area contributed by atoms with Crippen molar-refractivity contribution in [3.63, 3.8) is 0 Å². The van der Waals surface area contributed by atoms with Crippen molar-refractivity contribution in [1.82, 2.24) is 4.90 Å². The minimum absolute atomic E-state index is 0.0153. The van der Waals surface area contributed by atoms with Gasteiger partial charge in [-0.15, -0.1) is 0 Å². The molecule has 4 unspecified atom stereocenters. The molecule has 12 heteroatoms. The summed E-state index contributed by atoms with van der Waals surface area (Å²) in [6, 6.07) is 16.4. The van der Waals surface area contributed by atoms with Crippen LogP contribution in [-0.4, -0.2) is 69.6 Å². The van der Waals surface area contributed by atoms with Gasteiger partial charge in [0.25, 0.3) is 12.1 Å². The van der Waals surface area contributed by atoms with Crippen LogP contribution in [0.1, 0.15) is 64.7 Å². The van der Waals surface area contributed by atoms with E-state index in [1.165, 1.54) is 21.9 Å². The Balaban J connectivity index is 1.43. The topological polar surface area (TPSA) is 122 Å². The number of anilines is 2. The zero-order valence-corrected chi connectivity index (χ0v) is 29.8. The number of benzene rings is 3. The zero-order valence-electron chi connectivity index (χ0n) is 29.1. The first kappa shape index (κ1) is 36.7. The molecule has 1 N–H and O–H groups in total. The molecule has 3 aromatic carbocycles. The minimum atomic E-state index is -1.63. The number of amides is 6. The number of nitrogens with zero attached hydrogens (tertiary/aromatic N) is 3. The summed E-state index contributed by atoms with van der Waals surface area (Å²) in [7, 11) is 0. The molecule has 0 saturated carbocycles. The first-order valence-electron chi connectivity index (χ1n) is 16.6. The molecule has 2 heterocycles. The van der Waals surface area contributed by atoms with E-state index >= 15 is 0 Å². The molecule has 3 aromatic rings. The van der Waals surface area contributed by atoms with Crippen LogP contribution < -0.4 is 15.0 Å². The number of carbonyl (C=O) groups excluding carboxylic acids is 5. The van der Waals surface area contributed by atoms with Crippen LogP contribution in [0.25, 0.3) is 0 Å². The molecule has 0 aliphatic carbocycles. The summed E-state index contributed by atoms with van der Waals surface area (Å²) in [6.07, 6.45) is -1.16. The van der Waals surface area contributed by atoms with Crippen molar-refractivity contribution in [2.75, 3.05) is 16.8 Å². The maximum absolute atomic E-state index is 14.4. The van der Waals surface area contributed by atoms with Crippen LogP contribution in [0.4, 0.5) is 16.2 Å². The Morgan fingerprint density at radius 1 is 1.00 bits per heavy atom. The molecule has 2 fully saturated rings. The van der Waals surface area contributed by atoms with Gasteiger partial charge in [-0.3, -0.25) is 14.5 Å². The second kappa shape index (κ2) is 14.3.